The Kier molecular flexibility index (Phi) is 5.27. The molecule has 0 radical (unpaired) electrons. The number of piperidine rings is 1. The molecule has 168 valence electrons. The van der Waals surface area contributed by atoms with Crippen LogP contribution in [0, 0.1) is 11.3 Å². The maximum absolute atomic E-state index is 13.2. The number of likely N-dealkylation sites (tertiary alicyclic amines) is 1. The van der Waals surface area contributed by atoms with Crippen LogP contribution < -0.4 is 10.5 Å². The quantitative estimate of drug-likeness (QED) is 0.523. The third-order valence-corrected chi connectivity index (χ3v) is 6.41. The number of nitrogens with zero attached hydrogens (tertiary/aromatic N) is 5. The van der Waals surface area contributed by atoms with Crippen LogP contribution in [0.25, 0.3) is 33.5 Å². The van der Waals surface area contributed by atoms with Gasteiger partial charge in [-0.05, 0) is 37.1 Å². The molecule has 8 nitrogen and oxygen atoms in total. The van der Waals surface area contributed by atoms with Crippen molar-refractivity contribution < 1.29 is 9.53 Å². The van der Waals surface area contributed by atoms with Crippen molar-refractivity contribution in [1.29, 1.82) is 5.26 Å². The highest BCUT2D eigenvalue weighted by molar-refractivity contribution is 6.00. The molecule has 0 bridgehead atoms. The summed E-state index contributed by atoms with van der Waals surface area (Å²) in [6.07, 6.45) is 1.84. The summed E-state index contributed by atoms with van der Waals surface area (Å²) in [4.78, 5) is 19.9. The van der Waals surface area contributed by atoms with E-state index in [0.29, 0.717) is 35.7 Å². The van der Waals surface area contributed by atoms with Crippen molar-refractivity contribution in [3.63, 3.8) is 0 Å². The van der Waals surface area contributed by atoms with E-state index in [2.05, 4.69) is 6.07 Å². The third-order valence-electron chi connectivity index (χ3n) is 6.41. The Labute approximate surface area is 191 Å². The molecule has 2 aromatic heterocycles. The lowest BCUT2D eigenvalue weighted by Gasteiger charge is -2.30. The van der Waals surface area contributed by atoms with E-state index in [1.165, 1.54) is 0 Å². The Balaban J connectivity index is 1.65. The number of methoxy groups -OCH3 is 1. The molecule has 1 aliphatic rings. The van der Waals surface area contributed by atoms with E-state index in [4.69, 9.17) is 15.5 Å². The molecule has 33 heavy (non-hydrogen) atoms. The van der Waals surface area contributed by atoms with Crippen molar-refractivity contribution in [2.45, 2.75) is 25.4 Å². The summed E-state index contributed by atoms with van der Waals surface area (Å²) in [6.45, 7) is 1.47. The number of aryl methyl sites for hydroxylation is 1. The van der Waals surface area contributed by atoms with Crippen LogP contribution >= 0.6 is 0 Å². The smallest absolute Gasteiger partial charge is 0.254 e. The SMILES string of the molecule is COc1cc(C(=O)N2CCCC(N)C2)cc2nc(-c3cc4ccccc4n3CC#N)n(C)c12. The van der Waals surface area contributed by atoms with Crippen molar-refractivity contribution in [2.24, 2.45) is 12.8 Å². The zero-order valence-corrected chi connectivity index (χ0v) is 18.8. The van der Waals surface area contributed by atoms with Gasteiger partial charge in [-0.2, -0.15) is 5.26 Å². The van der Waals surface area contributed by atoms with Gasteiger partial charge in [0.2, 0.25) is 0 Å². The van der Waals surface area contributed by atoms with E-state index in [1.54, 1.807) is 13.2 Å². The number of amides is 1. The zero-order valence-electron chi connectivity index (χ0n) is 18.8. The molecule has 5 rings (SSSR count). The number of aromatic nitrogens is 3. The second-order valence-electron chi connectivity index (χ2n) is 8.53. The first-order valence-electron chi connectivity index (χ1n) is 11.1. The number of benzene rings is 2. The number of para-hydroxylation sites is 1. The van der Waals surface area contributed by atoms with Crippen LogP contribution in [-0.2, 0) is 13.6 Å². The average Bonchev–Trinajstić information content (AvgIpc) is 3.36. The lowest BCUT2D eigenvalue weighted by atomic mass is 10.0. The van der Waals surface area contributed by atoms with Gasteiger partial charge in [-0.3, -0.25) is 4.79 Å². The highest BCUT2D eigenvalue weighted by atomic mass is 16.5. The van der Waals surface area contributed by atoms with Crippen LogP contribution in [0.3, 0.4) is 0 Å². The van der Waals surface area contributed by atoms with Crippen molar-refractivity contribution in [3.8, 4) is 23.3 Å². The summed E-state index contributed by atoms with van der Waals surface area (Å²) < 4.78 is 9.60. The van der Waals surface area contributed by atoms with Crippen molar-refractivity contribution in [3.05, 3.63) is 48.0 Å². The molecule has 1 aliphatic heterocycles. The number of hydrogen-bond donors (Lipinski definition) is 1. The van der Waals surface area contributed by atoms with Gasteiger partial charge in [0.25, 0.3) is 5.91 Å². The lowest BCUT2D eigenvalue weighted by Crippen LogP contribution is -2.45. The normalized spacial score (nSPS) is 16.3. The molecule has 4 aromatic rings. The van der Waals surface area contributed by atoms with Gasteiger partial charge >= 0.3 is 0 Å². The second kappa shape index (κ2) is 8.26. The van der Waals surface area contributed by atoms with Crippen LogP contribution in [0.4, 0.5) is 0 Å². The predicted octanol–water partition coefficient (Wildman–Crippen LogP) is 3.29. The minimum Gasteiger partial charge on any atom is -0.494 e. The van der Waals surface area contributed by atoms with Crippen LogP contribution in [0.1, 0.15) is 23.2 Å². The molecule has 1 fully saturated rings. The Bertz CT molecular complexity index is 1410. The van der Waals surface area contributed by atoms with Gasteiger partial charge in [-0.1, -0.05) is 18.2 Å². The third kappa shape index (κ3) is 3.51. The summed E-state index contributed by atoms with van der Waals surface area (Å²) in [6, 6.07) is 15.9. The van der Waals surface area contributed by atoms with Gasteiger partial charge in [-0.25, -0.2) is 4.98 Å². The van der Waals surface area contributed by atoms with Crippen molar-refractivity contribution >= 4 is 27.8 Å². The summed E-state index contributed by atoms with van der Waals surface area (Å²) in [5, 5.41) is 10.5. The lowest BCUT2D eigenvalue weighted by molar-refractivity contribution is 0.0708. The highest BCUT2D eigenvalue weighted by Gasteiger charge is 2.25. The van der Waals surface area contributed by atoms with Gasteiger partial charge in [-0.15, -0.1) is 0 Å². The van der Waals surface area contributed by atoms with Crippen molar-refractivity contribution in [2.75, 3.05) is 20.2 Å². The zero-order chi connectivity index (χ0) is 23.1. The summed E-state index contributed by atoms with van der Waals surface area (Å²) >= 11 is 0. The number of carbonyl (C=O) groups is 1. The molecule has 0 spiro atoms. The molecule has 2 N–H and O–H groups in total. The predicted molar refractivity (Wildman–Crippen MR) is 127 cm³/mol. The average molecular weight is 443 g/mol. The largest absolute Gasteiger partial charge is 0.494 e. The van der Waals surface area contributed by atoms with Gasteiger partial charge in [0.1, 0.15) is 17.8 Å². The van der Waals surface area contributed by atoms with Gasteiger partial charge in [0.15, 0.2) is 5.82 Å². The first-order valence-corrected chi connectivity index (χ1v) is 11.1. The molecule has 8 heteroatoms. The minimum absolute atomic E-state index is 0.0110. The fourth-order valence-corrected chi connectivity index (χ4v) is 4.83. The number of hydrogen-bond acceptors (Lipinski definition) is 5. The van der Waals surface area contributed by atoms with Crippen molar-refractivity contribution in [1.82, 2.24) is 19.0 Å². The molecular formula is C25H26N6O2. The number of carbonyl (C=O) groups excluding carboxylic acids is 1. The molecule has 1 unspecified atom stereocenters. The maximum Gasteiger partial charge on any atom is 0.254 e. The summed E-state index contributed by atoms with van der Waals surface area (Å²) in [5.74, 6) is 1.23. The number of ether oxygens (including phenoxy) is 1. The Hall–Kier alpha value is -3.83. The van der Waals surface area contributed by atoms with E-state index < -0.39 is 0 Å². The molecule has 1 saturated heterocycles. The van der Waals surface area contributed by atoms with E-state index in [9.17, 15) is 10.1 Å². The first kappa shape index (κ1) is 21.0. The molecular weight excluding hydrogens is 416 g/mol. The number of imidazole rings is 1. The fraction of sp³-hybridized carbons (Fsp3) is 0.320. The number of rotatable bonds is 4. The van der Waals surface area contributed by atoms with Crippen LogP contribution in [-0.4, -0.2) is 51.2 Å². The topological polar surface area (TPSA) is 102 Å². The Morgan fingerprint density at radius 3 is 2.88 bits per heavy atom. The van der Waals surface area contributed by atoms with E-state index in [-0.39, 0.29) is 18.5 Å². The fourth-order valence-electron chi connectivity index (χ4n) is 4.83. The Morgan fingerprint density at radius 1 is 1.30 bits per heavy atom. The summed E-state index contributed by atoms with van der Waals surface area (Å²) in [5.41, 5.74) is 9.91. The molecule has 0 saturated carbocycles. The van der Waals surface area contributed by atoms with Gasteiger partial charge in [0.05, 0.1) is 24.4 Å². The maximum atomic E-state index is 13.2. The van der Waals surface area contributed by atoms with E-state index in [0.717, 1.165) is 35.0 Å². The highest BCUT2D eigenvalue weighted by Crippen LogP contribution is 2.34. The van der Waals surface area contributed by atoms with Crippen LogP contribution in [0.2, 0.25) is 0 Å². The molecule has 1 atom stereocenters. The van der Waals surface area contributed by atoms with Crippen LogP contribution in [0.15, 0.2) is 42.5 Å². The Morgan fingerprint density at radius 2 is 2.12 bits per heavy atom. The molecule has 1 amide bonds. The van der Waals surface area contributed by atoms with Gasteiger partial charge in [0, 0.05) is 42.6 Å². The number of nitrogens with two attached hydrogens (primary N) is 1. The molecule has 2 aromatic carbocycles. The standard InChI is InChI=1S/C25H26N6O2/c1-29-23-19(12-17(14-22(23)33-2)25(32)30-10-5-7-18(27)15-30)28-24(29)21-13-16-6-3-4-8-20(16)31(21)11-9-26/h3-4,6,8,12-14,18H,5,7,10-11,15,27H2,1-2H3. The van der Waals surface area contributed by atoms with E-state index in [1.807, 2.05) is 57.5 Å². The number of fused-ring (bicyclic) bond motifs is 2. The molecule has 0 aliphatic carbocycles. The monoisotopic (exact) mass is 442 g/mol. The first-order chi connectivity index (χ1) is 16.0. The van der Waals surface area contributed by atoms with Gasteiger partial charge < -0.3 is 24.5 Å². The minimum atomic E-state index is -0.0591. The second-order valence-corrected chi connectivity index (χ2v) is 8.53. The molecule has 3 heterocycles. The summed E-state index contributed by atoms with van der Waals surface area (Å²) in [7, 11) is 3.52. The number of nitriles is 1. The van der Waals surface area contributed by atoms with Crippen LogP contribution in [0.5, 0.6) is 5.75 Å². The van der Waals surface area contributed by atoms with E-state index >= 15 is 0 Å².